The molecule has 0 bridgehead atoms. The minimum atomic E-state index is -3.99. The maximum absolute atomic E-state index is 13.5. The number of nitrogens with zero attached hydrogens (tertiary/aromatic N) is 2. The van der Waals surface area contributed by atoms with Gasteiger partial charge in [-0.1, -0.05) is 18.2 Å². The zero-order chi connectivity index (χ0) is 22.0. The van der Waals surface area contributed by atoms with E-state index in [1.165, 1.54) is 19.2 Å². The van der Waals surface area contributed by atoms with Gasteiger partial charge in [-0.15, -0.1) is 0 Å². The van der Waals surface area contributed by atoms with Gasteiger partial charge in [0.2, 0.25) is 0 Å². The van der Waals surface area contributed by atoms with Crippen LogP contribution in [0.2, 0.25) is 0 Å². The van der Waals surface area contributed by atoms with E-state index in [0.29, 0.717) is 23.2 Å². The summed E-state index contributed by atoms with van der Waals surface area (Å²) in [6.45, 7) is 4.15. The Bertz CT molecular complexity index is 1200. The van der Waals surface area contributed by atoms with Gasteiger partial charge in [-0.3, -0.25) is 9.69 Å². The van der Waals surface area contributed by atoms with Crippen molar-refractivity contribution in [2.45, 2.75) is 11.4 Å². The van der Waals surface area contributed by atoms with Crippen LogP contribution in [0.1, 0.15) is 16.1 Å². The van der Waals surface area contributed by atoms with Gasteiger partial charge in [-0.05, 0) is 30.3 Å². The Morgan fingerprint density at radius 3 is 2.48 bits per heavy atom. The molecule has 2 aromatic carbocycles. The first-order chi connectivity index (χ1) is 15.0. The van der Waals surface area contributed by atoms with Crippen LogP contribution in [-0.4, -0.2) is 63.5 Å². The summed E-state index contributed by atoms with van der Waals surface area (Å²) in [4.78, 5) is 15.1. The molecule has 1 aliphatic rings. The van der Waals surface area contributed by atoms with E-state index in [-0.39, 0.29) is 10.6 Å². The molecule has 8 nitrogen and oxygen atoms in total. The molecule has 2 heterocycles. The van der Waals surface area contributed by atoms with Gasteiger partial charge in [-0.25, -0.2) is 12.4 Å². The highest BCUT2D eigenvalue weighted by Gasteiger charge is 2.28. The van der Waals surface area contributed by atoms with Crippen molar-refractivity contribution in [3.8, 4) is 5.75 Å². The fourth-order valence-electron chi connectivity index (χ4n) is 3.99. The predicted octanol–water partition coefficient (Wildman–Crippen LogP) is 1.65. The summed E-state index contributed by atoms with van der Waals surface area (Å²) in [5.41, 5.74) is 1.39. The van der Waals surface area contributed by atoms with E-state index in [1.807, 2.05) is 0 Å². The predicted molar refractivity (Wildman–Crippen MR) is 119 cm³/mol. The number of hydrogen-bond acceptors (Lipinski definition) is 6. The molecule has 1 saturated heterocycles. The lowest BCUT2D eigenvalue weighted by Crippen LogP contribution is -2.42. The first-order valence-corrected chi connectivity index (χ1v) is 11.6. The highest BCUT2D eigenvalue weighted by molar-refractivity contribution is 7.90. The first kappa shape index (κ1) is 21.4. The molecule has 164 valence electrons. The molecule has 1 amide bonds. The van der Waals surface area contributed by atoms with Crippen LogP contribution in [0.4, 0.5) is 0 Å². The number of nitrogens with one attached hydrogen (secondary N) is 2. The number of aromatic nitrogens is 1. The minimum Gasteiger partial charge on any atom is -0.496 e. The van der Waals surface area contributed by atoms with Crippen molar-refractivity contribution in [1.29, 1.82) is 0 Å². The molecule has 0 unspecified atom stereocenters. The lowest BCUT2D eigenvalue weighted by Gasteiger charge is -2.28. The monoisotopic (exact) mass is 442 g/mol. The third kappa shape index (κ3) is 3.91. The Morgan fingerprint density at radius 1 is 1.13 bits per heavy atom. The summed E-state index contributed by atoms with van der Waals surface area (Å²) >= 11 is 0. The molecule has 0 spiro atoms. The smallest absolute Gasteiger partial charge is 0.268 e. The van der Waals surface area contributed by atoms with Gasteiger partial charge in [-0.2, -0.15) is 0 Å². The fourth-order valence-corrected chi connectivity index (χ4v) is 5.51. The highest BCUT2D eigenvalue weighted by atomic mass is 32.2. The quantitative estimate of drug-likeness (QED) is 0.603. The number of ether oxygens (including phenoxy) is 1. The number of methoxy groups -OCH3 is 1. The summed E-state index contributed by atoms with van der Waals surface area (Å²) in [5.74, 6) is 0.201. The molecule has 0 radical (unpaired) electrons. The number of hydrogen-bond donors (Lipinski definition) is 2. The van der Waals surface area contributed by atoms with E-state index in [9.17, 15) is 13.2 Å². The zero-order valence-corrected chi connectivity index (χ0v) is 18.4. The maximum Gasteiger partial charge on any atom is 0.268 e. The summed E-state index contributed by atoms with van der Waals surface area (Å²) in [7, 11) is -0.901. The van der Waals surface area contributed by atoms with Crippen LogP contribution in [0.5, 0.6) is 5.75 Å². The second-order valence-corrected chi connectivity index (χ2v) is 9.18. The Balaban J connectivity index is 1.95. The number of carbonyl (C=O) groups excluding carboxylic acids is 1. The van der Waals surface area contributed by atoms with Crippen molar-refractivity contribution in [2.24, 2.45) is 0 Å². The molecule has 2 N–H and O–H groups in total. The molecule has 1 aliphatic heterocycles. The van der Waals surface area contributed by atoms with Crippen LogP contribution < -0.4 is 15.4 Å². The molecule has 31 heavy (non-hydrogen) atoms. The van der Waals surface area contributed by atoms with Gasteiger partial charge >= 0.3 is 0 Å². The van der Waals surface area contributed by atoms with Gasteiger partial charge in [0.1, 0.15) is 11.4 Å². The van der Waals surface area contributed by atoms with Crippen LogP contribution in [-0.2, 0) is 16.6 Å². The molecule has 0 aliphatic carbocycles. The van der Waals surface area contributed by atoms with Crippen LogP contribution in [0.25, 0.3) is 10.9 Å². The van der Waals surface area contributed by atoms with Crippen LogP contribution in [0, 0.1) is 0 Å². The normalized spacial score (nSPS) is 15.2. The minimum absolute atomic E-state index is 0.0659. The summed E-state index contributed by atoms with van der Waals surface area (Å²) in [6, 6.07) is 13.2. The molecular weight excluding hydrogens is 416 g/mol. The molecule has 4 rings (SSSR count). The summed E-state index contributed by atoms with van der Waals surface area (Å²) < 4.78 is 33.8. The number of benzene rings is 2. The number of piperazine rings is 1. The van der Waals surface area contributed by atoms with E-state index in [4.69, 9.17) is 4.74 Å². The molecule has 0 atom stereocenters. The van der Waals surface area contributed by atoms with Crippen molar-refractivity contribution in [1.82, 2.24) is 19.5 Å². The third-order valence-electron chi connectivity index (χ3n) is 5.56. The molecule has 1 fully saturated rings. The Labute approximate surface area is 181 Å². The number of amides is 1. The second-order valence-electron chi connectivity index (χ2n) is 7.40. The van der Waals surface area contributed by atoms with Gasteiger partial charge < -0.3 is 15.4 Å². The van der Waals surface area contributed by atoms with Crippen LogP contribution in [0.15, 0.2) is 53.4 Å². The highest BCUT2D eigenvalue weighted by Crippen LogP contribution is 2.34. The van der Waals surface area contributed by atoms with Crippen molar-refractivity contribution >= 4 is 26.8 Å². The zero-order valence-electron chi connectivity index (χ0n) is 17.6. The third-order valence-corrected chi connectivity index (χ3v) is 7.30. The van der Waals surface area contributed by atoms with Crippen molar-refractivity contribution in [2.75, 3.05) is 40.3 Å². The molecule has 3 aromatic rings. The largest absolute Gasteiger partial charge is 0.496 e. The molecule has 9 heteroatoms. The molecule has 1 aromatic heterocycles. The first-order valence-electron chi connectivity index (χ1n) is 10.1. The maximum atomic E-state index is 13.5. The second kappa shape index (κ2) is 8.70. The van der Waals surface area contributed by atoms with Gasteiger partial charge in [0, 0.05) is 50.7 Å². The number of carbonyl (C=O) groups is 1. The average Bonchev–Trinajstić information content (AvgIpc) is 3.21. The van der Waals surface area contributed by atoms with E-state index < -0.39 is 15.9 Å². The lowest BCUT2D eigenvalue weighted by atomic mass is 10.1. The number of fused-ring (bicyclic) bond motifs is 1. The van der Waals surface area contributed by atoms with Gasteiger partial charge in [0.25, 0.3) is 15.9 Å². The SMILES string of the molecule is CNC(=O)c1cc2c(CN3CCNCC3)c(OC)ccc2n1S(=O)(=O)c1ccccc1. The molecular formula is C22H26N4O4S. The van der Waals surface area contributed by atoms with E-state index in [1.54, 1.807) is 43.5 Å². The molecule has 0 saturated carbocycles. The number of rotatable bonds is 6. The Kier molecular flexibility index (Phi) is 5.99. The lowest BCUT2D eigenvalue weighted by molar-refractivity contribution is 0.0957. The summed E-state index contributed by atoms with van der Waals surface area (Å²) in [5, 5.41) is 6.58. The van der Waals surface area contributed by atoms with Crippen molar-refractivity contribution < 1.29 is 17.9 Å². The average molecular weight is 443 g/mol. The van der Waals surface area contributed by atoms with Crippen LogP contribution in [0.3, 0.4) is 0 Å². The van der Waals surface area contributed by atoms with E-state index in [2.05, 4.69) is 15.5 Å². The van der Waals surface area contributed by atoms with Gasteiger partial charge in [0.05, 0.1) is 17.5 Å². The fraction of sp³-hybridized carbons (Fsp3) is 0.318. The topological polar surface area (TPSA) is 92.7 Å². The van der Waals surface area contributed by atoms with E-state index >= 15 is 0 Å². The standard InChI is InChI=1S/C22H26N4O4S/c1-23-22(27)20-14-17-18(15-25-12-10-24-11-13-25)21(30-2)9-8-19(17)26(20)31(28,29)16-6-4-3-5-7-16/h3-9,14,24H,10-13,15H2,1-2H3,(H,23,27). The van der Waals surface area contributed by atoms with Crippen LogP contribution >= 0.6 is 0 Å². The van der Waals surface area contributed by atoms with Crippen molar-refractivity contribution in [3.05, 3.63) is 59.8 Å². The van der Waals surface area contributed by atoms with Crippen molar-refractivity contribution in [3.63, 3.8) is 0 Å². The van der Waals surface area contributed by atoms with E-state index in [0.717, 1.165) is 35.7 Å². The Hall–Kier alpha value is -2.88. The Morgan fingerprint density at radius 2 is 1.84 bits per heavy atom. The van der Waals surface area contributed by atoms with Gasteiger partial charge in [0.15, 0.2) is 0 Å². The summed E-state index contributed by atoms with van der Waals surface area (Å²) in [6.07, 6.45) is 0.